The highest BCUT2D eigenvalue weighted by Gasteiger charge is 2.46. The number of piperidine rings is 1. The number of nitrogens with one attached hydrogen (secondary N) is 1. The summed E-state index contributed by atoms with van der Waals surface area (Å²) in [5.74, 6) is 0.265. The van der Waals surface area contributed by atoms with E-state index in [4.69, 9.17) is 14.5 Å². The summed E-state index contributed by atoms with van der Waals surface area (Å²) in [4.78, 5) is 37.0. The topological polar surface area (TPSA) is 93.6 Å². The Kier molecular flexibility index (Phi) is 6.30. The lowest BCUT2D eigenvalue weighted by Gasteiger charge is -2.39. The van der Waals surface area contributed by atoms with Crippen molar-refractivity contribution in [2.75, 3.05) is 25.5 Å². The van der Waals surface area contributed by atoms with Gasteiger partial charge in [-0.05, 0) is 52.7 Å². The van der Waals surface area contributed by atoms with Gasteiger partial charge in [0.15, 0.2) is 5.13 Å². The Morgan fingerprint density at radius 1 is 1.23 bits per heavy atom. The van der Waals surface area contributed by atoms with Gasteiger partial charge in [0.05, 0.1) is 12.8 Å². The van der Waals surface area contributed by atoms with Gasteiger partial charge in [-0.1, -0.05) is 6.07 Å². The molecule has 0 aromatic carbocycles. The van der Waals surface area contributed by atoms with Crippen LogP contribution in [0.2, 0.25) is 0 Å². The Hall–Kier alpha value is -2.68. The maximum atomic E-state index is 12.8. The van der Waals surface area contributed by atoms with Gasteiger partial charge in [-0.2, -0.15) is 0 Å². The second-order valence-corrected chi connectivity index (χ2v) is 9.58. The highest BCUT2D eigenvalue weighted by atomic mass is 32.1. The average Bonchev–Trinajstić information content (AvgIpc) is 3.10. The van der Waals surface area contributed by atoms with Gasteiger partial charge in [0.2, 0.25) is 0 Å². The minimum absolute atomic E-state index is 0.346. The summed E-state index contributed by atoms with van der Waals surface area (Å²) in [5.41, 5.74) is -0.857. The van der Waals surface area contributed by atoms with Crippen molar-refractivity contribution in [1.82, 2.24) is 14.9 Å². The summed E-state index contributed by atoms with van der Waals surface area (Å²) >= 11 is 1.53. The first-order valence-corrected chi connectivity index (χ1v) is 10.7. The van der Waals surface area contributed by atoms with E-state index >= 15 is 0 Å². The van der Waals surface area contributed by atoms with E-state index in [0.29, 0.717) is 37.4 Å². The van der Waals surface area contributed by atoms with Crippen LogP contribution in [0.15, 0.2) is 24.4 Å². The fourth-order valence-corrected chi connectivity index (χ4v) is 4.12. The molecule has 0 aliphatic carbocycles. The summed E-state index contributed by atoms with van der Waals surface area (Å²) in [5, 5.41) is 3.93. The molecular formula is C21H28N4O4S. The number of ether oxygens (including phenoxy) is 2. The van der Waals surface area contributed by atoms with Gasteiger partial charge in [0, 0.05) is 24.2 Å². The summed E-state index contributed by atoms with van der Waals surface area (Å²) in [7, 11) is 1.38. The van der Waals surface area contributed by atoms with E-state index in [9.17, 15) is 9.59 Å². The minimum atomic E-state index is -0.913. The first kappa shape index (κ1) is 22.0. The smallest absolute Gasteiger partial charge is 0.410 e. The van der Waals surface area contributed by atoms with E-state index in [1.54, 1.807) is 11.1 Å². The predicted octanol–water partition coefficient (Wildman–Crippen LogP) is 4.03. The van der Waals surface area contributed by atoms with E-state index in [2.05, 4.69) is 10.3 Å². The lowest BCUT2D eigenvalue weighted by molar-refractivity contribution is -0.150. The zero-order valence-electron chi connectivity index (χ0n) is 18.0. The first-order valence-electron chi connectivity index (χ1n) is 9.86. The number of aromatic nitrogens is 2. The third-order valence-corrected chi connectivity index (χ3v) is 5.77. The molecule has 1 saturated heterocycles. The van der Waals surface area contributed by atoms with E-state index in [1.807, 2.05) is 45.9 Å². The number of methoxy groups -OCH3 is 1. The second kappa shape index (κ2) is 8.59. The van der Waals surface area contributed by atoms with Gasteiger partial charge in [0.1, 0.15) is 16.8 Å². The molecule has 0 saturated carbocycles. The number of amides is 1. The Morgan fingerprint density at radius 2 is 1.93 bits per heavy atom. The zero-order chi connectivity index (χ0) is 21.9. The van der Waals surface area contributed by atoms with Crippen molar-refractivity contribution in [3.8, 4) is 0 Å². The molecule has 30 heavy (non-hydrogen) atoms. The second-order valence-electron chi connectivity index (χ2n) is 8.35. The fourth-order valence-electron chi connectivity index (χ4n) is 3.45. The van der Waals surface area contributed by atoms with Crippen molar-refractivity contribution in [2.24, 2.45) is 0 Å². The molecule has 0 unspecified atom stereocenters. The Bertz CT molecular complexity index is 914. The Labute approximate surface area is 180 Å². The van der Waals surface area contributed by atoms with Gasteiger partial charge >= 0.3 is 12.1 Å². The number of esters is 1. The van der Waals surface area contributed by atoms with Crippen LogP contribution in [0.25, 0.3) is 0 Å². The lowest BCUT2D eigenvalue weighted by Crippen LogP contribution is -2.50. The number of pyridine rings is 1. The summed E-state index contributed by atoms with van der Waals surface area (Å²) in [6.07, 6.45) is 2.24. The van der Waals surface area contributed by atoms with Gasteiger partial charge < -0.3 is 19.7 Å². The van der Waals surface area contributed by atoms with Crippen molar-refractivity contribution in [1.29, 1.82) is 0 Å². The van der Waals surface area contributed by atoms with E-state index in [1.165, 1.54) is 18.4 Å². The number of likely N-dealkylation sites (tertiary alicyclic amines) is 1. The Balaban J connectivity index is 1.81. The number of carbonyl (C=O) groups excluding carboxylic acids is 2. The number of aryl methyl sites for hydroxylation is 1. The van der Waals surface area contributed by atoms with Crippen LogP contribution < -0.4 is 5.32 Å². The molecule has 2 aromatic heterocycles. The van der Waals surface area contributed by atoms with Gasteiger partial charge in [-0.25, -0.2) is 14.8 Å². The summed E-state index contributed by atoms with van der Waals surface area (Å²) < 4.78 is 10.6. The van der Waals surface area contributed by atoms with Crippen LogP contribution in [-0.4, -0.2) is 52.7 Å². The molecule has 0 atom stereocenters. The lowest BCUT2D eigenvalue weighted by atomic mass is 9.75. The number of rotatable bonds is 4. The van der Waals surface area contributed by atoms with E-state index in [-0.39, 0.29) is 12.1 Å². The van der Waals surface area contributed by atoms with Crippen LogP contribution in [0.5, 0.6) is 0 Å². The van der Waals surface area contributed by atoms with Gasteiger partial charge in [-0.15, -0.1) is 11.3 Å². The van der Waals surface area contributed by atoms with Crippen molar-refractivity contribution in [3.63, 3.8) is 0 Å². The molecule has 1 amide bonds. The largest absolute Gasteiger partial charge is 0.468 e. The maximum absolute atomic E-state index is 12.8. The summed E-state index contributed by atoms with van der Waals surface area (Å²) in [6, 6.07) is 5.52. The van der Waals surface area contributed by atoms with Crippen LogP contribution >= 0.6 is 11.3 Å². The van der Waals surface area contributed by atoms with Crippen LogP contribution in [0, 0.1) is 6.92 Å². The standard InChI is InChI=1S/C21H28N4O4S/c1-14-13-22-18(30-14)24-16-8-6-7-15(23-16)21(17(26)28-5)9-11-25(12-10-21)19(27)29-20(2,3)4/h6-8,13H,9-12H2,1-5H3,(H,22,23,24). The zero-order valence-corrected chi connectivity index (χ0v) is 18.8. The highest BCUT2D eigenvalue weighted by molar-refractivity contribution is 7.15. The molecule has 0 bridgehead atoms. The molecule has 162 valence electrons. The number of anilines is 2. The number of carbonyl (C=O) groups is 2. The molecule has 3 rings (SSSR count). The highest BCUT2D eigenvalue weighted by Crippen LogP contribution is 2.37. The normalized spacial score (nSPS) is 16.1. The molecule has 9 heteroatoms. The van der Waals surface area contributed by atoms with Gasteiger partial charge in [0.25, 0.3) is 0 Å². The molecular weight excluding hydrogens is 404 g/mol. The van der Waals surface area contributed by atoms with E-state index in [0.717, 1.165) is 10.0 Å². The molecule has 2 aromatic rings. The van der Waals surface area contributed by atoms with Crippen LogP contribution in [0.4, 0.5) is 15.7 Å². The number of thiazole rings is 1. The SMILES string of the molecule is COC(=O)C1(c2cccc(Nc3ncc(C)s3)n2)CCN(C(=O)OC(C)(C)C)CC1. The van der Waals surface area contributed by atoms with Crippen LogP contribution in [-0.2, 0) is 19.7 Å². The number of nitrogens with zero attached hydrogens (tertiary/aromatic N) is 3. The molecule has 1 N–H and O–H groups in total. The first-order chi connectivity index (χ1) is 14.1. The number of hydrogen-bond donors (Lipinski definition) is 1. The monoisotopic (exact) mass is 432 g/mol. The molecule has 1 aliphatic heterocycles. The third-order valence-electron chi connectivity index (χ3n) is 4.94. The molecule has 1 aliphatic rings. The van der Waals surface area contributed by atoms with E-state index < -0.39 is 11.0 Å². The van der Waals surface area contributed by atoms with Crippen molar-refractivity contribution >= 4 is 34.3 Å². The third kappa shape index (κ3) is 4.89. The molecule has 3 heterocycles. The van der Waals surface area contributed by atoms with Crippen molar-refractivity contribution in [3.05, 3.63) is 35.0 Å². The number of hydrogen-bond acceptors (Lipinski definition) is 8. The average molecular weight is 433 g/mol. The molecule has 8 nitrogen and oxygen atoms in total. The molecule has 0 radical (unpaired) electrons. The minimum Gasteiger partial charge on any atom is -0.468 e. The maximum Gasteiger partial charge on any atom is 0.410 e. The Morgan fingerprint density at radius 3 is 2.50 bits per heavy atom. The summed E-state index contributed by atoms with van der Waals surface area (Å²) in [6.45, 7) is 8.25. The molecule has 0 spiro atoms. The van der Waals surface area contributed by atoms with Gasteiger partial charge in [-0.3, -0.25) is 4.79 Å². The van der Waals surface area contributed by atoms with Crippen LogP contribution in [0.3, 0.4) is 0 Å². The van der Waals surface area contributed by atoms with Crippen molar-refractivity contribution in [2.45, 2.75) is 51.6 Å². The fraction of sp³-hybridized carbons (Fsp3) is 0.524. The van der Waals surface area contributed by atoms with Crippen molar-refractivity contribution < 1.29 is 19.1 Å². The van der Waals surface area contributed by atoms with Crippen LogP contribution in [0.1, 0.15) is 44.2 Å². The predicted molar refractivity (Wildman–Crippen MR) is 115 cm³/mol. The quantitative estimate of drug-likeness (QED) is 0.729. The molecule has 1 fully saturated rings.